The van der Waals surface area contributed by atoms with Gasteiger partial charge in [-0.25, -0.2) is 14.4 Å². The molecule has 134 valence electrons. The number of halogens is 3. The molecule has 2 N–H and O–H groups in total. The number of hydrogen-bond acceptors (Lipinski definition) is 5. The molecule has 0 spiro atoms. The number of hydrogen-bond donors (Lipinski definition) is 2. The van der Waals surface area contributed by atoms with Gasteiger partial charge < -0.3 is 10.3 Å². The van der Waals surface area contributed by atoms with Crippen molar-refractivity contribution in [2.24, 2.45) is 0 Å². The summed E-state index contributed by atoms with van der Waals surface area (Å²) in [5.41, 5.74) is 3.90. The number of alkyl halides is 3. The molecule has 10 heteroatoms. The highest BCUT2D eigenvalue weighted by Crippen LogP contribution is 2.28. The Morgan fingerprint density at radius 2 is 1.77 bits per heavy atom. The highest BCUT2D eigenvalue weighted by atomic mass is 19.4. The summed E-state index contributed by atoms with van der Waals surface area (Å²) in [5, 5.41) is 21.3. The summed E-state index contributed by atoms with van der Waals surface area (Å²) in [4.78, 5) is 14.1. The first-order chi connectivity index (χ1) is 12.3. The van der Waals surface area contributed by atoms with Gasteiger partial charge in [-0.1, -0.05) is 30.3 Å². The van der Waals surface area contributed by atoms with E-state index in [1.807, 2.05) is 42.5 Å². The van der Waals surface area contributed by atoms with E-state index < -0.39 is 12.1 Å². The van der Waals surface area contributed by atoms with E-state index in [1.165, 1.54) is 0 Å². The van der Waals surface area contributed by atoms with Gasteiger partial charge in [0.2, 0.25) is 0 Å². The standard InChI is InChI=1S/C14H9N3O2.C2HF3O2/c18-17-13-7-6-11-10(14(13)16-19-17)8-12(15-11)9-4-2-1-3-5-9;3-2(4,5)1(6)7/h1-8,18H;(H,6,7). The van der Waals surface area contributed by atoms with Gasteiger partial charge in [0.15, 0.2) is 0 Å². The Morgan fingerprint density at radius 3 is 2.38 bits per heavy atom. The third kappa shape index (κ3) is 3.29. The van der Waals surface area contributed by atoms with Crippen LogP contribution in [0.15, 0.2) is 53.2 Å². The fourth-order valence-electron chi connectivity index (χ4n) is 2.25. The molecule has 2 heterocycles. The molecule has 0 bridgehead atoms. The Kier molecular flexibility index (Phi) is 4.24. The van der Waals surface area contributed by atoms with Gasteiger partial charge in [-0.15, -0.1) is 0 Å². The van der Waals surface area contributed by atoms with Crippen LogP contribution in [0.3, 0.4) is 0 Å². The number of carbonyl (C=O) groups is 1. The highest BCUT2D eigenvalue weighted by molar-refractivity contribution is 6.04. The van der Waals surface area contributed by atoms with Gasteiger partial charge in [-0.2, -0.15) is 13.2 Å². The number of rotatable bonds is 1. The number of fused-ring (bicyclic) bond motifs is 3. The molecule has 0 unspecified atom stereocenters. The molecule has 0 saturated heterocycles. The second-order valence-corrected chi connectivity index (χ2v) is 5.12. The first-order valence-electron chi connectivity index (χ1n) is 7.10. The largest absolute Gasteiger partial charge is 0.490 e. The minimum atomic E-state index is -5.08. The molecule has 0 fully saturated rings. The quantitative estimate of drug-likeness (QED) is 0.499. The summed E-state index contributed by atoms with van der Waals surface area (Å²) < 4.78 is 36.5. The molecule has 0 aliphatic rings. The average Bonchev–Trinajstić information content (AvgIpc) is 3.19. The Labute approximate surface area is 142 Å². The van der Waals surface area contributed by atoms with Gasteiger partial charge in [0, 0.05) is 10.9 Å². The SMILES string of the molecule is O=C(O)C(F)(F)F.On1onc2c3cc(-c4ccccc4)nc3ccc21. The Morgan fingerprint density at radius 1 is 1.12 bits per heavy atom. The van der Waals surface area contributed by atoms with Crippen molar-refractivity contribution >= 4 is 27.9 Å². The van der Waals surface area contributed by atoms with Crippen LogP contribution in [0.2, 0.25) is 0 Å². The van der Waals surface area contributed by atoms with E-state index in [4.69, 9.17) is 14.5 Å². The van der Waals surface area contributed by atoms with E-state index in [0.29, 0.717) is 15.9 Å². The van der Waals surface area contributed by atoms with Gasteiger partial charge in [-0.3, -0.25) is 0 Å². The Bertz CT molecular complexity index is 1070. The van der Waals surface area contributed by atoms with Gasteiger partial charge in [0.1, 0.15) is 11.0 Å². The molecule has 2 aromatic heterocycles. The van der Waals surface area contributed by atoms with Gasteiger partial charge in [0.05, 0.1) is 11.2 Å². The number of carboxylic acid groups (broad SMARTS) is 1. The lowest BCUT2D eigenvalue weighted by molar-refractivity contribution is -0.192. The molecule has 4 rings (SSSR count). The monoisotopic (exact) mass is 365 g/mol. The van der Waals surface area contributed by atoms with E-state index in [1.54, 1.807) is 6.07 Å². The van der Waals surface area contributed by atoms with Crippen molar-refractivity contribution < 1.29 is 32.9 Å². The first-order valence-corrected chi connectivity index (χ1v) is 7.10. The predicted molar refractivity (Wildman–Crippen MR) is 83.6 cm³/mol. The normalized spacial score (nSPS) is 11.3. The summed E-state index contributed by atoms with van der Waals surface area (Å²) in [7, 11) is 0. The maximum atomic E-state index is 10.6. The molecule has 4 aromatic rings. The zero-order chi connectivity index (χ0) is 18.9. The third-order valence-corrected chi connectivity index (χ3v) is 3.42. The minimum Gasteiger partial charge on any atom is -0.475 e. The lowest BCUT2D eigenvalue weighted by Crippen LogP contribution is -2.21. The molecule has 0 saturated carbocycles. The highest BCUT2D eigenvalue weighted by Gasteiger charge is 2.38. The predicted octanol–water partition coefficient (Wildman–Crippen LogP) is 3.72. The first kappa shape index (κ1) is 17.3. The Balaban J connectivity index is 0.000000242. The second-order valence-electron chi connectivity index (χ2n) is 5.12. The van der Waals surface area contributed by atoms with E-state index in [-0.39, 0.29) is 0 Å². The van der Waals surface area contributed by atoms with Crippen molar-refractivity contribution in [2.45, 2.75) is 6.18 Å². The molecular formula is C16H10F3N3O4. The third-order valence-electron chi connectivity index (χ3n) is 3.42. The van der Waals surface area contributed by atoms with Gasteiger partial charge in [0.25, 0.3) is 0 Å². The smallest absolute Gasteiger partial charge is 0.475 e. The second kappa shape index (κ2) is 6.39. The number of benzene rings is 2. The van der Waals surface area contributed by atoms with Crippen molar-refractivity contribution in [2.75, 3.05) is 0 Å². The maximum absolute atomic E-state index is 10.6. The summed E-state index contributed by atoms with van der Waals surface area (Å²) in [5.74, 6) is -2.76. The topological polar surface area (TPSA) is 101 Å². The summed E-state index contributed by atoms with van der Waals surface area (Å²) in [6.45, 7) is 0. The van der Waals surface area contributed by atoms with E-state index in [9.17, 15) is 18.4 Å². The minimum absolute atomic E-state index is 0.527. The van der Waals surface area contributed by atoms with E-state index >= 15 is 0 Å². The molecule has 0 aliphatic carbocycles. The summed E-state index contributed by atoms with van der Waals surface area (Å²) in [6.07, 6.45) is -5.08. The van der Waals surface area contributed by atoms with Crippen LogP contribution < -0.4 is 0 Å². The summed E-state index contributed by atoms with van der Waals surface area (Å²) >= 11 is 0. The number of aromatic nitrogens is 3. The van der Waals surface area contributed by atoms with E-state index in [2.05, 4.69) is 10.1 Å². The summed E-state index contributed by atoms with van der Waals surface area (Å²) in [6, 6.07) is 15.5. The lowest BCUT2D eigenvalue weighted by atomic mass is 10.1. The van der Waals surface area contributed by atoms with Crippen LogP contribution >= 0.6 is 0 Å². The molecule has 0 amide bonds. The molecule has 0 radical (unpaired) electrons. The number of nitrogens with zero attached hydrogens (tertiary/aromatic N) is 3. The van der Waals surface area contributed by atoms with Crippen LogP contribution in [-0.4, -0.2) is 37.5 Å². The molecule has 7 nitrogen and oxygen atoms in total. The van der Waals surface area contributed by atoms with E-state index in [0.717, 1.165) is 22.2 Å². The van der Waals surface area contributed by atoms with Crippen molar-refractivity contribution in [1.29, 1.82) is 0 Å². The van der Waals surface area contributed by atoms with Crippen molar-refractivity contribution in [3.05, 3.63) is 48.5 Å². The molecule has 0 aliphatic heterocycles. The number of carboxylic acids is 1. The van der Waals surface area contributed by atoms with Gasteiger partial charge in [-0.05, 0) is 28.3 Å². The fourth-order valence-corrected chi connectivity index (χ4v) is 2.25. The zero-order valence-corrected chi connectivity index (χ0v) is 12.8. The van der Waals surface area contributed by atoms with Crippen molar-refractivity contribution in [1.82, 2.24) is 15.0 Å². The number of aliphatic carboxylic acids is 1. The maximum Gasteiger partial charge on any atom is 0.490 e. The van der Waals surface area contributed by atoms with Crippen LogP contribution in [-0.2, 0) is 4.79 Å². The fraction of sp³-hybridized carbons (Fsp3) is 0.0625. The van der Waals surface area contributed by atoms with Gasteiger partial charge >= 0.3 is 12.1 Å². The van der Waals surface area contributed by atoms with Crippen LogP contribution in [0.25, 0.3) is 33.2 Å². The molecule has 26 heavy (non-hydrogen) atoms. The molecule has 0 atom stereocenters. The van der Waals surface area contributed by atoms with Crippen LogP contribution in [0.4, 0.5) is 13.2 Å². The average molecular weight is 365 g/mol. The van der Waals surface area contributed by atoms with Crippen LogP contribution in [0, 0.1) is 0 Å². The molecular weight excluding hydrogens is 355 g/mol. The van der Waals surface area contributed by atoms with Crippen LogP contribution in [0.5, 0.6) is 0 Å². The lowest BCUT2D eigenvalue weighted by Gasteiger charge is -1.93. The zero-order valence-electron chi connectivity index (χ0n) is 12.8. The molecule has 2 aromatic carbocycles. The van der Waals surface area contributed by atoms with Crippen molar-refractivity contribution in [3.8, 4) is 11.3 Å². The van der Waals surface area contributed by atoms with Crippen molar-refractivity contribution in [3.63, 3.8) is 0 Å². The Hall–Kier alpha value is -3.56. The van der Waals surface area contributed by atoms with Crippen LogP contribution in [0.1, 0.15) is 0 Å².